The smallest absolute Gasteiger partial charge is 0.305 e. The molecule has 3 rings (SSSR count). The molecule has 0 aromatic heterocycles. The van der Waals surface area contributed by atoms with Crippen LogP contribution in [-0.4, -0.2) is 78.5 Å². The summed E-state index contributed by atoms with van der Waals surface area (Å²) in [4.78, 5) is 22.7. The van der Waals surface area contributed by atoms with E-state index < -0.39 is 35.5 Å². The van der Waals surface area contributed by atoms with E-state index in [2.05, 4.69) is 5.32 Å². The molecule has 6 atom stereocenters. The van der Waals surface area contributed by atoms with Crippen LogP contribution in [0.1, 0.15) is 74.1 Å². The number of hydrogen-bond acceptors (Lipinski definition) is 9. The van der Waals surface area contributed by atoms with Crippen molar-refractivity contribution in [2.24, 2.45) is 0 Å². The molecule has 0 aliphatic carbocycles. The van der Waals surface area contributed by atoms with Gasteiger partial charge in [-0.3, -0.25) is 14.9 Å². The van der Waals surface area contributed by atoms with Crippen molar-refractivity contribution in [2.75, 3.05) is 19.8 Å². The normalized spacial score (nSPS) is 37.4. The molecule has 0 aromatic rings. The molecule has 3 saturated heterocycles. The predicted molar refractivity (Wildman–Crippen MR) is 118 cm³/mol. The van der Waals surface area contributed by atoms with Gasteiger partial charge in [-0.15, -0.1) is 0 Å². The fourth-order valence-electron chi connectivity index (χ4n) is 4.33. The van der Waals surface area contributed by atoms with Gasteiger partial charge in [0.05, 0.1) is 32.3 Å². The molecule has 0 radical (unpaired) electrons. The van der Waals surface area contributed by atoms with Gasteiger partial charge >= 0.3 is 11.9 Å². The third-order valence-electron chi connectivity index (χ3n) is 5.86. The van der Waals surface area contributed by atoms with Crippen molar-refractivity contribution in [1.82, 2.24) is 5.32 Å². The maximum atomic E-state index is 11.7. The number of carbonyl (C=O) groups is 2. The highest BCUT2D eigenvalue weighted by atomic mass is 16.8. The lowest BCUT2D eigenvalue weighted by Gasteiger charge is -2.29. The lowest BCUT2D eigenvalue weighted by molar-refractivity contribution is -0.186. The fourth-order valence-corrected chi connectivity index (χ4v) is 4.33. The summed E-state index contributed by atoms with van der Waals surface area (Å²) < 4.78 is 35.3. The maximum absolute atomic E-state index is 11.7. The highest BCUT2D eigenvalue weighted by Gasteiger charge is 2.55. The minimum atomic E-state index is -0.975. The molecule has 3 aliphatic rings. The number of esters is 1. The van der Waals surface area contributed by atoms with Crippen LogP contribution < -0.4 is 5.32 Å². The zero-order valence-corrected chi connectivity index (χ0v) is 21.0. The van der Waals surface area contributed by atoms with Crippen molar-refractivity contribution in [3.8, 4) is 0 Å². The third kappa shape index (κ3) is 7.60. The Labute approximate surface area is 196 Å². The lowest BCUT2D eigenvalue weighted by Crippen LogP contribution is -2.52. The van der Waals surface area contributed by atoms with Crippen LogP contribution in [0.5, 0.6) is 0 Å². The van der Waals surface area contributed by atoms with Gasteiger partial charge in [-0.25, -0.2) is 0 Å². The van der Waals surface area contributed by atoms with Gasteiger partial charge in [0.15, 0.2) is 11.6 Å². The van der Waals surface area contributed by atoms with E-state index >= 15 is 0 Å². The van der Waals surface area contributed by atoms with Crippen LogP contribution in [0.4, 0.5) is 0 Å². The molecule has 2 N–H and O–H groups in total. The molecule has 0 saturated carbocycles. The zero-order chi connectivity index (χ0) is 24.9. The molecule has 33 heavy (non-hydrogen) atoms. The number of carboxylic acids is 1. The molecule has 3 fully saturated rings. The van der Waals surface area contributed by atoms with Crippen molar-refractivity contribution in [3.05, 3.63) is 0 Å². The predicted octanol–water partition coefficient (Wildman–Crippen LogP) is 2.58. The second-order valence-electron chi connectivity index (χ2n) is 9.16. The molecule has 0 amide bonds. The minimum Gasteiger partial charge on any atom is -0.481 e. The Balaban J connectivity index is 0.00000187. The molecule has 0 bridgehead atoms. The van der Waals surface area contributed by atoms with Gasteiger partial charge in [-0.05, 0) is 34.6 Å². The second-order valence-corrected chi connectivity index (χ2v) is 9.16. The average Bonchev–Trinajstić information content (AvgIpc) is 3.42. The quantitative estimate of drug-likeness (QED) is 0.481. The zero-order valence-electron chi connectivity index (χ0n) is 21.0. The third-order valence-corrected chi connectivity index (χ3v) is 5.86. The highest BCUT2D eigenvalue weighted by Crippen LogP contribution is 2.39. The Hall–Kier alpha value is -1.30. The summed E-state index contributed by atoms with van der Waals surface area (Å²) in [5.41, 5.74) is -0.679. The van der Waals surface area contributed by atoms with Crippen molar-refractivity contribution in [1.29, 1.82) is 0 Å². The van der Waals surface area contributed by atoms with E-state index in [4.69, 9.17) is 33.5 Å². The van der Waals surface area contributed by atoms with E-state index in [-0.39, 0.29) is 44.0 Å². The largest absolute Gasteiger partial charge is 0.481 e. The Kier molecular flexibility index (Phi) is 9.67. The van der Waals surface area contributed by atoms with Crippen molar-refractivity contribution < 1.29 is 43.1 Å². The first-order chi connectivity index (χ1) is 15.4. The monoisotopic (exact) mass is 475 g/mol. The SMILES string of the molecule is CC.CCOC(=O)CCC1(C)NC(C2OC(C)(C)OC2C2COC(C)(CCC(=O)O)O2)CO1. The van der Waals surface area contributed by atoms with Crippen molar-refractivity contribution in [2.45, 2.75) is 116 Å². The van der Waals surface area contributed by atoms with Crippen molar-refractivity contribution in [3.63, 3.8) is 0 Å². The molecular weight excluding hydrogens is 434 g/mol. The van der Waals surface area contributed by atoms with Crippen LogP contribution in [0.15, 0.2) is 0 Å². The van der Waals surface area contributed by atoms with Crippen molar-refractivity contribution >= 4 is 11.9 Å². The lowest BCUT2D eigenvalue weighted by atomic mass is 10.0. The van der Waals surface area contributed by atoms with Gasteiger partial charge in [0, 0.05) is 19.3 Å². The molecule has 10 nitrogen and oxygen atoms in total. The van der Waals surface area contributed by atoms with Crippen LogP contribution in [0.3, 0.4) is 0 Å². The Bertz CT molecular complexity index is 672. The van der Waals surface area contributed by atoms with Gasteiger partial charge in [0.1, 0.15) is 24.0 Å². The number of rotatable bonds is 9. The first kappa shape index (κ1) is 27.9. The van der Waals surface area contributed by atoms with Gasteiger partial charge in [0.25, 0.3) is 0 Å². The molecular formula is C23H41NO9. The Morgan fingerprint density at radius 3 is 2.27 bits per heavy atom. The minimum absolute atomic E-state index is 0.0446. The molecule has 6 unspecified atom stereocenters. The van der Waals surface area contributed by atoms with Gasteiger partial charge in [-0.2, -0.15) is 0 Å². The standard InChI is InChI=1S/C21H35NO9.C2H6/c1-6-26-16(25)8-9-20(4)22-13(11-27-20)17-18(31-19(2,3)30-17)14-12-28-21(5,29-14)10-7-15(23)24;1-2/h13-14,17-18,22H,6-12H2,1-5H3,(H,23,24);1-2H3. The summed E-state index contributed by atoms with van der Waals surface area (Å²) in [7, 11) is 0. The van der Waals surface area contributed by atoms with Crippen LogP contribution in [-0.2, 0) is 38.0 Å². The highest BCUT2D eigenvalue weighted by molar-refractivity contribution is 5.69. The van der Waals surface area contributed by atoms with E-state index in [1.165, 1.54) is 0 Å². The summed E-state index contributed by atoms with van der Waals surface area (Å²) in [6.45, 7) is 14.1. The molecule has 192 valence electrons. The van der Waals surface area contributed by atoms with Crippen LogP contribution in [0.2, 0.25) is 0 Å². The van der Waals surface area contributed by atoms with E-state index in [1.807, 2.05) is 34.6 Å². The van der Waals surface area contributed by atoms with Crippen LogP contribution >= 0.6 is 0 Å². The number of carboxylic acid groups (broad SMARTS) is 1. The summed E-state index contributed by atoms with van der Waals surface area (Å²) in [6, 6.07) is -0.173. The molecule has 10 heteroatoms. The number of nitrogens with one attached hydrogen (secondary N) is 1. The number of ether oxygens (including phenoxy) is 6. The summed E-state index contributed by atoms with van der Waals surface area (Å²) in [5, 5.41) is 12.4. The van der Waals surface area contributed by atoms with Gasteiger partial charge in [-0.1, -0.05) is 13.8 Å². The molecule has 0 spiro atoms. The van der Waals surface area contributed by atoms with Gasteiger partial charge in [0.2, 0.25) is 0 Å². The first-order valence-electron chi connectivity index (χ1n) is 11.9. The van der Waals surface area contributed by atoms with E-state index in [9.17, 15) is 9.59 Å². The second kappa shape index (κ2) is 11.4. The van der Waals surface area contributed by atoms with Crippen LogP contribution in [0.25, 0.3) is 0 Å². The molecule has 3 aliphatic heterocycles. The molecule has 0 aromatic carbocycles. The van der Waals surface area contributed by atoms with Crippen LogP contribution in [0, 0.1) is 0 Å². The topological polar surface area (TPSA) is 122 Å². The number of hydrogen-bond donors (Lipinski definition) is 2. The Morgan fingerprint density at radius 2 is 1.64 bits per heavy atom. The summed E-state index contributed by atoms with van der Waals surface area (Å²) in [6.07, 6.45) is -0.263. The summed E-state index contributed by atoms with van der Waals surface area (Å²) in [5.74, 6) is -2.94. The average molecular weight is 476 g/mol. The molecule has 3 heterocycles. The fraction of sp³-hybridized carbons (Fsp3) is 0.913. The maximum Gasteiger partial charge on any atom is 0.305 e. The number of aliphatic carboxylic acids is 1. The Morgan fingerprint density at radius 1 is 0.970 bits per heavy atom. The van der Waals surface area contributed by atoms with Gasteiger partial charge < -0.3 is 33.5 Å². The summed E-state index contributed by atoms with van der Waals surface area (Å²) >= 11 is 0. The number of carbonyl (C=O) groups excluding carboxylic acids is 1. The van der Waals surface area contributed by atoms with E-state index in [1.54, 1.807) is 13.8 Å². The van der Waals surface area contributed by atoms with E-state index in [0.717, 1.165) is 0 Å². The first-order valence-corrected chi connectivity index (χ1v) is 11.9. The van der Waals surface area contributed by atoms with E-state index in [0.29, 0.717) is 19.6 Å².